The molecule has 0 heterocycles. The fourth-order valence-electron chi connectivity index (χ4n) is 1.73. The van der Waals surface area contributed by atoms with Crippen molar-refractivity contribution >= 4 is 5.97 Å². The standard InChI is InChI=1S/C15H13F2NO3/c16-15(17,13(18)14(19)20)10-5-4-8-12(9-10)21-11-6-2-1-3-7-11/h1-9,13H,18H2,(H,19,20). The van der Waals surface area contributed by atoms with Crippen molar-refractivity contribution in [2.75, 3.05) is 0 Å². The van der Waals surface area contributed by atoms with Gasteiger partial charge < -0.3 is 15.6 Å². The Labute approximate surface area is 119 Å². The van der Waals surface area contributed by atoms with Gasteiger partial charge in [-0.3, -0.25) is 4.79 Å². The van der Waals surface area contributed by atoms with Gasteiger partial charge in [-0.2, -0.15) is 8.78 Å². The van der Waals surface area contributed by atoms with Gasteiger partial charge >= 0.3 is 5.97 Å². The van der Waals surface area contributed by atoms with E-state index in [-0.39, 0.29) is 5.75 Å². The Hall–Kier alpha value is -2.47. The summed E-state index contributed by atoms with van der Waals surface area (Å²) in [5.74, 6) is -4.80. The molecule has 6 heteroatoms. The number of rotatable bonds is 5. The van der Waals surface area contributed by atoms with Gasteiger partial charge in [0.1, 0.15) is 11.5 Å². The first-order valence-electron chi connectivity index (χ1n) is 6.11. The molecule has 2 aromatic rings. The second kappa shape index (κ2) is 5.88. The minimum absolute atomic E-state index is 0.177. The summed E-state index contributed by atoms with van der Waals surface area (Å²) in [7, 11) is 0. The van der Waals surface area contributed by atoms with Crippen molar-refractivity contribution in [2.24, 2.45) is 5.73 Å². The van der Waals surface area contributed by atoms with Crippen molar-refractivity contribution in [3.05, 3.63) is 60.2 Å². The number of para-hydroxylation sites is 1. The second-order valence-electron chi connectivity index (χ2n) is 4.38. The number of alkyl halides is 2. The summed E-state index contributed by atoms with van der Waals surface area (Å²) in [4.78, 5) is 10.7. The molecule has 0 radical (unpaired) electrons. The van der Waals surface area contributed by atoms with Crippen molar-refractivity contribution in [2.45, 2.75) is 12.0 Å². The number of hydrogen-bond donors (Lipinski definition) is 2. The number of carboxylic acids is 1. The molecular formula is C15H13F2NO3. The molecule has 0 saturated heterocycles. The summed E-state index contributed by atoms with van der Waals surface area (Å²) in [5.41, 5.74) is 4.53. The number of benzene rings is 2. The topological polar surface area (TPSA) is 72.6 Å². The van der Waals surface area contributed by atoms with Gasteiger partial charge in [-0.25, -0.2) is 0 Å². The van der Waals surface area contributed by atoms with Gasteiger partial charge in [0, 0.05) is 5.56 Å². The molecule has 2 rings (SSSR count). The van der Waals surface area contributed by atoms with Crippen LogP contribution >= 0.6 is 0 Å². The molecule has 21 heavy (non-hydrogen) atoms. The zero-order valence-corrected chi connectivity index (χ0v) is 10.9. The SMILES string of the molecule is NC(C(=O)O)C(F)(F)c1cccc(Oc2ccccc2)c1. The van der Waals surface area contributed by atoms with Crippen LogP contribution in [-0.4, -0.2) is 17.1 Å². The van der Waals surface area contributed by atoms with Crippen LogP contribution < -0.4 is 10.5 Å². The molecule has 0 bridgehead atoms. The lowest BCUT2D eigenvalue weighted by Crippen LogP contribution is -2.45. The average molecular weight is 293 g/mol. The van der Waals surface area contributed by atoms with Gasteiger partial charge in [0.05, 0.1) is 0 Å². The van der Waals surface area contributed by atoms with E-state index in [2.05, 4.69) is 0 Å². The van der Waals surface area contributed by atoms with Crippen LogP contribution in [0.1, 0.15) is 5.56 Å². The fourth-order valence-corrected chi connectivity index (χ4v) is 1.73. The number of hydrogen-bond acceptors (Lipinski definition) is 3. The summed E-state index contributed by atoms with van der Waals surface area (Å²) in [6, 6.07) is 11.4. The molecule has 0 aliphatic carbocycles. The number of aliphatic carboxylic acids is 1. The van der Waals surface area contributed by atoms with Crippen molar-refractivity contribution in [1.29, 1.82) is 0 Å². The van der Waals surface area contributed by atoms with Gasteiger partial charge in [0.15, 0.2) is 6.04 Å². The van der Waals surface area contributed by atoms with Gasteiger partial charge in [-0.1, -0.05) is 30.3 Å². The van der Waals surface area contributed by atoms with E-state index in [4.69, 9.17) is 15.6 Å². The van der Waals surface area contributed by atoms with E-state index >= 15 is 0 Å². The van der Waals surface area contributed by atoms with Crippen LogP contribution in [0.2, 0.25) is 0 Å². The smallest absolute Gasteiger partial charge is 0.327 e. The minimum Gasteiger partial charge on any atom is -0.480 e. The first-order chi connectivity index (χ1) is 9.91. The maximum Gasteiger partial charge on any atom is 0.327 e. The Morgan fingerprint density at radius 2 is 1.71 bits per heavy atom. The van der Waals surface area contributed by atoms with E-state index in [1.54, 1.807) is 30.3 Å². The highest BCUT2D eigenvalue weighted by Gasteiger charge is 2.43. The molecule has 0 saturated carbocycles. The number of ether oxygens (including phenoxy) is 1. The van der Waals surface area contributed by atoms with E-state index in [0.717, 1.165) is 12.1 Å². The zero-order valence-electron chi connectivity index (χ0n) is 10.9. The molecule has 0 aliphatic rings. The molecule has 0 amide bonds. The normalized spacial score (nSPS) is 12.7. The Morgan fingerprint density at radius 1 is 1.10 bits per heavy atom. The highest BCUT2D eigenvalue weighted by molar-refractivity contribution is 5.75. The summed E-state index contributed by atoms with van der Waals surface area (Å²) in [6.45, 7) is 0. The Morgan fingerprint density at radius 3 is 2.33 bits per heavy atom. The summed E-state index contributed by atoms with van der Waals surface area (Å²) >= 11 is 0. The van der Waals surface area contributed by atoms with Gasteiger partial charge in [-0.05, 0) is 24.3 Å². The van der Waals surface area contributed by atoms with E-state index < -0.39 is 23.5 Å². The van der Waals surface area contributed by atoms with Crippen LogP contribution in [0.25, 0.3) is 0 Å². The quantitative estimate of drug-likeness (QED) is 0.889. The first kappa shape index (κ1) is 14.9. The van der Waals surface area contributed by atoms with Gasteiger partial charge in [-0.15, -0.1) is 0 Å². The fraction of sp³-hybridized carbons (Fsp3) is 0.133. The summed E-state index contributed by atoms with van der Waals surface area (Å²) in [5, 5.41) is 8.65. The van der Waals surface area contributed by atoms with Crippen LogP contribution in [-0.2, 0) is 10.7 Å². The lowest BCUT2D eigenvalue weighted by molar-refractivity contribution is -0.149. The van der Waals surface area contributed by atoms with Crippen LogP contribution in [0.15, 0.2) is 54.6 Å². The third-order valence-electron chi connectivity index (χ3n) is 2.85. The summed E-state index contributed by atoms with van der Waals surface area (Å²) < 4.78 is 33.3. The molecule has 0 aromatic heterocycles. The maximum absolute atomic E-state index is 14.0. The molecule has 1 atom stereocenters. The molecular weight excluding hydrogens is 280 g/mol. The molecule has 4 nitrogen and oxygen atoms in total. The second-order valence-corrected chi connectivity index (χ2v) is 4.38. The van der Waals surface area contributed by atoms with Crippen LogP contribution in [0.3, 0.4) is 0 Å². The molecule has 1 unspecified atom stereocenters. The number of halogens is 2. The zero-order chi connectivity index (χ0) is 15.5. The Bertz CT molecular complexity index is 632. The molecule has 3 N–H and O–H groups in total. The molecule has 110 valence electrons. The third kappa shape index (κ3) is 3.35. The van der Waals surface area contributed by atoms with Crippen LogP contribution in [0.4, 0.5) is 8.78 Å². The van der Waals surface area contributed by atoms with E-state index in [1.165, 1.54) is 12.1 Å². The van der Waals surface area contributed by atoms with E-state index in [0.29, 0.717) is 5.75 Å². The lowest BCUT2D eigenvalue weighted by Gasteiger charge is -2.21. The number of carboxylic acid groups (broad SMARTS) is 1. The largest absolute Gasteiger partial charge is 0.480 e. The average Bonchev–Trinajstić information content (AvgIpc) is 2.47. The van der Waals surface area contributed by atoms with Gasteiger partial charge in [0.2, 0.25) is 0 Å². The van der Waals surface area contributed by atoms with E-state index in [9.17, 15) is 13.6 Å². The lowest BCUT2D eigenvalue weighted by atomic mass is 10.0. The third-order valence-corrected chi connectivity index (χ3v) is 2.85. The molecule has 0 aliphatic heterocycles. The Balaban J connectivity index is 2.27. The maximum atomic E-state index is 14.0. The highest BCUT2D eigenvalue weighted by Crippen LogP contribution is 2.34. The molecule has 0 fully saturated rings. The predicted molar refractivity (Wildman–Crippen MR) is 72.5 cm³/mol. The first-order valence-corrected chi connectivity index (χ1v) is 6.11. The van der Waals surface area contributed by atoms with E-state index in [1.807, 2.05) is 0 Å². The highest BCUT2D eigenvalue weighted by atomic mass is 19.3. The number of nitrogens with two attached hydrogens (primary N) is 1. The van der Waals surface area contributed by atoms with Crippen molar-refractivity contribution in [3.8, 4) is 11.5 Å². The van der Waals surface area contributed by atoms with Crippen molar-refractivity contribution in [1.82, 2.24) is 0 Å². The van der Waals surface area contributed by atoms with Gasteiger partial charge in [0.25, 0.3) is 5.92 Å². The summed E-state index contributed by atoms with van der Waals surface area (Å²) in [6.07, 6.45) is 0. The predicted octanol–water partition coefficient (Wildman–Crippen LogP) is 2.98. The van der Waals surface area contributed by atoms with Crippen LogP contribution in [0.5, 0.6) is 11.5 Å². The number of carbonyl (C=O) groups is 1. The van der Waals surface area contributed by atoms with Crippen molar-refractivity contribution in [3.63, 3.8) is 0 Å². The molecule has 2 aromatic carbocycles. The van der Waals surface area contributed by atoms with Crippen LogP contribution in [0, 0.1) is 0 Å². The van der Waals surface area contributed by atoms with Crippen molar-refractivity contribution < 1.29 is 23.4 Å². The minimum atomic E-state index is -3.69. The molecule has 0 spiro atoms. The Kier molecular flexibility index (Phi) is 4.18. The monoisotopic (exact) mass is 293 g/mol.